The molecule has 264 valence electrons. The highest BCUT2D eigenvalue weighted by atomic mass is 35.5. The third-order valence-corrected chi connectivity index (χ3v) is 9.49. The van der Waals surface area contributed by atoms with Crippen molar-refractivity contribution in [2.45, 2.75) is 98.8 Å². The molecule has 1 saturated carbocycles. The minimum absolute atomic E-state index is 0.213. The maximum atomic E-state index is 12.8. The van der Waals surface area contributed by atoms with Crippen molar-refractivity contribution in [1.29, 1.82) is 0 Å². The van der Waals surface area contributed by atoms with Gasteiger partial charge in [-0.3, -0.25) is 9.78 Å². The fourth-order valence-electron chi connectivity index (χ4n) is 5.85. The van der Waals surface area contributed by atoms with Gasteiger partial charge in [-0.2, -0.15) is 0 Å². The van der Waals surface area contributed by atoms with Crippen LogP contribution in [0.4, 0.5) is 4.39 Å². The third kappa shape index (κ3) is 14.9. The number of rotatable bonds is 8. The molecule has 2 fully saturated rings. The molecule has 48 heavy (non-hydrogen) atoms. The third-order valence-electron chi connectivity index (χ3n) is 9.26. The number of likely N-dealkylation sites (tertiary alicyclic amines) is 1. The van der Waals surface area contributed by atoms with Crippen LogP contribution in [0.3, 0.4) is 0 Å². The Kier molecular flexibility index (Phi) is 20.7. The molecule has 0 radical (unpaired) electrons. The molecule has 1 aromatic heterocycles. The van der Waals surface area contributed by atoms with E-state index in [0.29, 0.717) is 33.9 Å². The summed E-state index contributed by atoms with van der Waals surface area (Å²) in [5, 5.41) is 0.453. The number of carbonyl (C=O) groups is 1. The second-order valence-corrected chi connectivity index (χ2v) is 13.1. The van der Waals surface area contributed by atoms with Crippen LogP contribution in [0.15, 0.2) is 54.6 Å². The molecule has 0 bridgehead atoms. The molecule has 3 aromatic rings. The Balaban J connectivity index is 0.000000323. The molecule has 0 spiro atoms. The van der Waals surface area contributed by atoms with E-state index >= 15 is 0 Å². The minimum atomic E-state index is -0.367. The number of piperidine rings is 1. The molecule has 1 aliphatic carbocycles. The summed E-state index contributed by atoms with van der Waals surface area (Å²) < 4.78 is 17.9. The number of halogens is 2. The molecule has 2 heterocycles. The quantitative estimate of drug-likeness (QED) is 0.241. The van der Waals surface area contributed by atoms with Gasteiger partial charge in [0.05, 0.1) is 6.61 Å². The number of hydrogen-bond donors (Lipinski definition) is 1. The Labute approximate surface area is 295 Å². The average Bonchev–Trinajstić information content (AvgIpc) is 3.06. The summed E-state index contributed by atoms with van der Waals surface area (Å²) in [6, 6.07) is 16.6. The van der Waals surface area contributed by atoms with Gasteiger partial charge in [0.25, 0.3) is 0 Å². The topological polar surface area (TPSA) is 68.4 Å². The van der Waals surface area contributed by atoms with Gasteiger partial charge in [-0.1, -0.05) is 57.0 Å². The monoisotopic (exact) mass is 679 g/mol. The maximum absolute atomic E-state index is 12.8. The number of aromatic nitrogens is 1. The highest BCUT2D eigenvalue weighted by Gasteiger charge is 2.34. The molecule has 1 aliphatic heterocycles. The van der Waals surface area contributed by atoms with Crippen LogP contribution >= 0.6 is 11.6 Å². The predicted octanol–water partition coefficient (Wildman–Crippen LogP) is 9.89. The lowest BCUT2D eigenvalue weighted by Crippen LogP contribution is -2.33. The number of nitrogens with zero attached hydrogens (tertiary/aromatic N) is 2. The van der Waals surface area contributed by atoms with Crippen molar-refractivity contribution >= 4 is 17.5 Å². The largest absolute Gasteiger partial charge is 0.384 e. The molecule has 1 saturated heterocycles. The Bertz CT molecular complexity index is 1380. The van der Waals surface area contributed by atoms with Gasteiger partial charge < -0.3 is 15.4 Å². The number of carbonyl (C=O) groups excluding carboxylic acids is 1. The highest BCUT2D eigenvalue weighted by Crippen LogP contribution is 2.43. The summed E-state index contributed by atoms with van der Waals surface area (Å²) in [4.78, 5) is 17.9. The molecule has 5 rings (SSSR count). The van der Waals surface area contributed by atoms with Crippen LogP contribution in [0.2, 0.25) is 5.02 Å². The van der Waals surface area contributed by atoms with Crippen molar-refractivity contribution < 1.29 is 13.9 Å². The maximum Gasteiger partial charge on any atom is 0.248 e. The van der Waals surface area contributed by atoms with E-state index in [9.17, 15) is 9.18 Å². The first-order chi connectivity index (χ1) is 23.0. The molecule has 1 amide bonds. The van der Waals surface area contributed by atoms with E-state index in [2.05, 4.69) is 61.7 Å². The molecule has 0 atom stereocenters. The smallest absolute Gasteiger partial charge is 0.248 e. The van der Waals surface area contributed by atoms with Crippen molar-refractivity contribution in [3.05, 3.63) is 99.1 Å². The number of nitrogens with two attached hydrogens (primary N) is 1. The number of amides is 1. The van der Waals surface area contributed by atoms with Crippen LogP contribution < -0.4 is 5.73 Å². The zero-order valence-corrected chi connectivity index (χ0v) is 31.2. The van der Waals surface area contributed by atoms with Gasteiger partial charge in [0.2, 0.25) is 5.91 Å². The highest BCUT2D eigenvalue weighted by molar-refractivity contribution is 6.30. The summed E-state index contributed by atoms with van der Waals surface area (Å²) in [6.07, 6.45) is 18.0. The second kappa shape index (κ2) is 23.2. The van der Waals surface area contributed by atoms with E-state index in [1.54, 1.807) is 31.4 Å². The van der Waals surface area contributed by atoms with E-state index < -0.39 is 0 Å². The molecule has 5 nitrogen and oxygen atoms in total. The van der Waals surface area contributed by atoms with Crippen LogP contribution in [0.25, 0.3) is 0 Å². The first-order valence-electron chi connectivity index (χ1n) is 17.3. The van der Waals surface area contributed by atoms with E-state index in [1.165, 1.54) is 81.9 Å². The van der Waals surface area contributed by atoms with Crippen molar-refractivity contribution in [1.82, 2.24) is 9.88 Å². The number of primary amides is 1. The van der Waals surface area contributed by atoms with E-state index in [1.807, 2.05) is 26.8 Å². The Hall–Kier alpha value is -3.24. The fourth-order valence-corrected chi connectivity index (χ4v) is 6.00. The standard InChI is InChI=1S/C14H22N2.C9H11NO.C8H8ClF.C8H16O.C2H2/c1-3-9-16-10-7-13(8-11-16)14-6-4-5-12(2)15-14;1-6-3-4-8(9(10)11)5-7(6)2;1-2-6-3-4-7(9)5-8(6)10;1-3-8(7-9-2)5-4-6-8;1-2/h4-6,13H,3,7-11H2,1-2H3;3-5H,1-2H3,(H2,10,11);3-5H,2H2,1H3;3-7H2,1-2H3;1-2H. The van der Waals surface area contributed by atoms with Crippen molar-refractivity contribution in [2.24, 2.45) is 11.1 Å². The van der Waals surface area contributed by atoms with E-state index in [4.69, 9.17) is 22.1 Å². The Morgan fingerprint density at radius 3 is 2.12 bits per heavy atom. The van der Waals surface area contributed by atoms with Gasteiger partial charge in [0, 0.05) is 35.0 Å². The molecular weight excluding hydrogens is 621 g/mol. The van der Waals surface area contributed by atoms with E-state index in [-0.39, 0.29) is 11.7 Å². The summed E-state index contributed by atoms with van der Waals surface area (Å²) in [5.41, 5.74) is 11.7. The summed E-state index contributed by atoms with van der Waals surface area (Å²) in [7, 11) is 1.80. The lowest BCUT2D eigenvalue weighted by molar-refractivity contribution is 0.0144. The van der Waals surface area contributed by atoms with E-state index in [0.717, 1.165) is 17.9 Å². The summed E-state index contributed by atoms with van der Waals surface area (Å²) in [5.74, 6) is 0.108. The number of pyridine rings is 1. The molecule has 2 aliphatic rings. The van der Waals surface area contributed by atoms with Crippen molar-refractivity contribution in [3.63, 3.8) is 0 Å². The van der Waals surface area contributed by atoms with Crippen LogP contribution in [0, 0.1) is 44.9 Å². The SMILES string of the molecule is C#C.CCC1(COC)CCC1.CCCN1CCC(c2cccc(C)n2)CC1.CCc1ccc(Cl)cc1F.Cc1ccc(C(N)=O)cc1C. The zero-order valence-electron chi connectivity index (χ0n) is 30.5. The summed E-state index contributed by atoms with van der Waals surface area (Å²) in [6.45, 7) is 17.2. The molecule has 7 heteroatoms. The van der Waals surface area contributed by atoms with Crippen LogP contribution in [0.1, 0.15) is 110 Å². The van der Waals surface area contributed by atoms with Gasteiger partial charge in [-0.15, -0.1) is 12.8 Å². The minimum Gasteiger partial charge on any atom is -0.384 e. The van der Waals surface area contributed by atoms with Crippen LogP contribution in [-0.2, 0) is 11.2 Å². The molecule has 2 N–H and O–H groups in total. The van der Waals surface area contributed by atoms with Gasteiger partial charge in [0.1, 0.15) is 5.82 Å². The number of benzene rings is 2. The van der Waals surface area contributed by atoms with Gasteiger partial charge >= 0.3 is 0 Å². The predicted molar refractivity (Wildman–Crippen MR) is 201 cm³/mol. The molecular formula is C41H59ClFN3O2. The molecule has 2 aromatic carbocycles. The summed E-state index contributed by atoms with van der Waals surface area (Å²) >= 11 is 5.53. The van der Waals surface area contributed by atoms with Crippen molar-refractivity contribution in [3.8, 4) is 12.8 Å². The Morgan fingerprint density at radius 2 is 1.69 bits per heavy atom. The van der Waals surface area contributed by atoms with Gasteiger partial charge in [-0.25, -0.2) is 4.39 Å². The van der Waals surface area contributed by atoms with Crippen LogP contribution in [-0.4, -0.2) is 49.1 Å². The Morgan fingerprint density at radius 1 is 1.02 bits per heavy atom. The lowest BCUT2D eigenvalue weighted by Gasteiger charge is -2.40. The first-order valence-corrected chi connectivity index (χ1v) is 17.6. The van der Waals surface area contributed by atoms with Crippen molar-refractivity contribution in [2.75, 3.05) is 33.4 Å². The van der Waals surface area contributed by atoms with Gasteiger partial charge in [0.15, 0.2) is 0 Å². The zero-order chi connectivity index (χ0) is 36.1. The number of methoxy groups -OCH3 is 1. The molecule has 0 unspecified atom stereocenters. The average molecular weight is 680 g/mol. The number of hydrogen-bond acceptors (Lipinski definition) is 4. The number of terminal acetylenes is 1. The van der Waals surface area contributed by atoms with Crippen LogP contribution in [0.5, 0.6) is 0 Å². The second-order valence-electron chi connectivity index (χ2n) is 12.7. The first kappa shape index (κ1) is 42.8. The van der Waals surface area contributed by atoms with Gasteiger partial charge in [-0.05, 0) is 144 Å². The number of aryl methyl sites for hydroxylation is 4. The normalized spacial score (nSPS) is 15.0. The lowest BCUT2D eigenvalue weighted by atomic mass is 9.68. The number of ether oxygens (including phenoxy) is 1. The fraction of sp³-hybridized carbons (Fsp3) is 0.512.